The van der Waals surface area contributed by atoms with Crippen molar-refractivity contribution in [2.45, 2.75) is 13.0 Å². The van der Waals surface area contributed by atoms with E-state index < -0.39 is 17.9 Å². The van der Waals surface area contributed by atoms with E-state index in [4.69, 9.17) is 5.11 Å². The number of rotatable bonds is 4. The van der Waals surface area contributed by atoms with Crippen LogP contribution in [-0.4, -0.2) is 38.0 Å². The average Bonchev–Trinajstić information content (AvgIpc) is 2.89. The van der Waals surface area contributed by atoms with Gasteiger partial charge in [-0.3, -0.25) is 9.59 Å². The normalized spacial score (nSPS) is 11.8. The molecule has 0 saturated heterocycles. The first-order valence-electron chi connectivity index (χ1n) is 5.59. The summed E-state index contributed by atoms with van der Waals surface area (Å²) in [6.45, 7) is 1.38. The Bertz CT molecular complexity index is 594. The Balaban J connectivity index is 2.13. The lowest BCUT2D eigenvalue weighted by Crippen LogP contribution is -2.38. The molecule has 7 heteroatoms. The summed E-state index contributed by atoms with van der Waals surface area (Å²) in [7, 11) is 0. The highest BCUT2D eigenvalue weighted by molar-refractivity contribution is 5.94. The molecule has 19 heavy (non-hydrogen) atoms. The Kier molecular flexibility index (Phi) is 3.56. The zero-order valence-corrected chi connectivity index (χ0v) is 10.1. The van der Waals surface area contributed by atoms with E-state index in [9.17, 15) is 9.59 Å². The number of hydrogen-bond donors (Lipinski definition) is 2. The van der Waals surface area contributed by atoms with Crippen molar-refractivity contribution in [1.82, 2.24) is 20.3 Å². The van der Waals surface area contributed by atoms with Gasteiger partial charge >= 0.3 is 5.97 Å². The number of hydrogen-bond acceptors (Lipinski definition) is 4. The molecular formula is C12H12N4O3. The van der Waals surface area contributed by atoms with Crippen LogP contribution in [0.5, 0.6) is 0 Å². The predicted octanol–water partition coefficient (Wildman–Crippen LogP) is 0.470. The van der Waals surface area contributed by atoms with E-state index in [1.54, 1.807) is 0 Å². The second-order valence-corrected chi connectivity index (χ2v) is 3.92. The summed E-state index contributed by atoms with van der Waals surface area (Å²) in [6, 6.07) is 8.19. The number of carbonyl (C=O) groups excluding carboxylic acids is 1. The first-order valence-corrected chi connectivity index (χ1v) is 5.59. The highest BCUT2D eigenvalue weighted by atomic mass is 16.4. The van der Waals surface area contributed by atoms with Gasteiger partial charge in [-0.1, -0.05) is 23.4 Å². The number of para-hydroxylation sites is 1. The van der Waals surface area contributed by atoms with E-state index in [1.165, 1.54) is 17.8 Å². The lowest BCUT2D eigenvalue weighted by molar-refractivity contribution is -0.138. The molecule has 0 fully saturated rings. The molecule has 0 saturated carbocycles. The second-order valence-electron chi connectivity index (χ2n) is 3.92. The third kappa shape index (κ3) is 2.95. The molecule has 1 aromatic heterocycles. The van der Waals surface area contributed by atoms with Gasteiger partial charge in [0.15, 0.2) is 5.69 Å². The van der Waals surface area contributed by atoms with Gasteiger partial charge in [0.2, 0.25) is 0 Å². The zero-order valence-electron chi connectivity index (χ0n) is 10.1. The van der Waals surface area contributed by atoms with E-state index in [2.05, 4.69) is 15.6 Å². The van der Waals surface area contributed by atoms with Gasteiger partial charge in [0, 0.05) is 0 Å². The zero-order chi connectivity index (χ0) is 13.8. The predicted molar refractivity (Wildman–Crippen MR) is 65.9 cm³/mol. The highest BCUT2D eigenvalue weighted by Gasteiger charge is 2.17. The van der Waals surface area contributed by atoms with Gasteiger partial charge in [-0.15, -0.1) is 5.10 Å². The fraction of sp³-hybridized carbons (Fsp3) is 0.167. The first-order chi connectivity index (χ1) is 9.08. The van der Waals surface area contributed by atoms with Crippen molar-refractivity contribution in [3.8, 4) is 5.69 Å². The van der Waals surface area contributed by atoms with Gasteiger partial charge in [-0.05, 0) is 19.1 Å². The van der Waals surface area contributed by atoms with Crippen LogP contribution in [0.1, 0.15) is 17.4 Å². The molecule has 98 valence electrons. The number of carboxylic acid groups (broad SMARTS) is 1. The molecule has 0 aliphatic heterocycles. The maximum absolute atomic E-state index is 11.7. The summed E-state index contributed by atoms with van der Waals surface area (Å²) in [5.74, 6) is -1.68. The number of carbonyl (C=O) groups is 2. The Labute approximate surface area is 108 Å². The van der Waals surface area contributed by atoms with E-state index in [1.807, 2.05) is 30.3 Å². The molecule has 2 rings (SSSR count). The molecule has 1 heterocycles. The van der Waals surface area contributed by atoms with Gasteiger partial charge in [-0.25, -0.2) is 4.68 Å². The minimum absolute atomic E-state index is 0.0666. The Hall–Kier alpha value is -2.70. The van der Waals surface area contributed by atoms with Crippen LogP contribution in [0.3, 0.4) is 0 Å². The summed E-state index contributed by atoms with van der Waals surface area (Å²) < 4.78 is 1.44. The highest BCUT2D eigenvalue weighted by Crippen LogP contribution is 2.05. The molecule has 0 aliphatic carbocycles. The largest absolute Gasteiger partial charge is 0.480 e. The van der Waals surface area contributed by atoms with Gasteiger partial charge < -0.3 is 10.4 Å². The van der Waals surface area contributed by atoms with Crippen LogP contribution in [0.25, 0.3) is 5.69 Å². The lowest BCUT2D eigenvalue weighted by atomic mass is 10.3. The van der Waals surface area contributed by atoms with Gasteiger partial charge in [0.05, 0.1) is 11.9 Å². The van der Waals surface area contributed by atoms with Crippen molar-refractivity contribution >= 4 is 11.9 Å². The van der Waals surface area contributed by atoms with Crippen molar-refractivity contribution in [2.75, 3.05) is 0 Å². The Morgan fingerprint density at radius 2 is 2.00 bits per heavy atom. The quantitative estimate of drug-likeness (QED) is 0.832. The minimum Gasteiger partial charge on any atom is -0.480 e. The molecule has 1 amide bonds. The van der Waals surface area contributed by atoms with Gasteiger partial charge in [0.25, 0.3) is 5.91 Å². The number of carboxylic acids is 1. The number of amides is 1. The molecule has 0 radical (unpaired) electrons. The van der Waals surface area contributed by atoms with Crippen molar-refractivity contribution in [2.24, 2.45) is 0 Å². The lowest BCUT2D eigenvalue weighted by Gasteiger charge is -2.06. The van der Waals surface area contributed by atoms with E-state index in [-0.39, 0.29) is 5.69 Å². The van der Waals surface area contributed by atoms with Crippen LogP contribution in [0.2, 0.25) is 0 Å². The summed E-state index contributed by atoms with van der Waals surface area (Å²) in [4.78, 5) is 22.4. The molecule has 0 spiro atoms. The van der Waals surface area contributed by atoms with E-state index in [0.29, 0.717) is 0 Å². The molecule has 2 aromatic rings. The summed E-state index contributed by atoms with van der Waals surface area (Å²) in [6.07, 6.45) is 1.44. The summed E-state index contributed by atoms with van der Waals surface area (Å²) in [5, 5.41) is 18.5. The molecule has 7 nitrogen and oxygen atoms in total. The van der Waals surface area contributed by atoms with Gasteiger partial charge in [-0.2, -0.15) is 0 Å². The molecule has 1 atom stereocenters. The smallest absolute Gasteiger partial charge is 0.325 e. The molecule has 1 aromatic carbocycles. The molecule has 0 bridgehead atoms. The summed E-state index contributed by atoms with van der Waals surface area (Å²) >= 11 is 0. The Morgan fingerprint density at radius 3 is 2.63 bits per heavy atom. The fourth-order valence-corrected chi connectivity index (χ4v) is 1.41. The Morgan fingerprint density at radius 1 is 1.32 bits per heavy atom. The van der Waals surface area contributed by atoms with Gasteiger partial charge in [0.1, 0.15) is 6.04 Å². The van der Waals surface area contributed by atoms with Crippen LogP contribution < -0.4 is 5.32 Å². The van der Waals surface area contributed by atoms with Crippen molar-refractivity contribution in [1.29, 1.82) is 0 Å². The number of aliphatic carboxylic acids is 1. The fourth-order valence-electron chi connectivity index (χ4n) is 1.41. The number of nitrogens with zero attached hydrogens (tertiary/aromatic N) is 3. The molecular weight excluding hydrogens is 248 g/mol. The summed E-state index contributed by atoms with van der Waals surface area (Å²) in [5.41, 5.74) is 0.831. The van der Waals surface area contributed by atoms with Crippen LogP contribution in [0.4, 0.5) is 0 Å². The molecule has 2 N–H and O–H groups in total. The maximum atomic E-state index is 11.7. The molecule has 0 aliphatic rings. The SMILES string of the molecule is C[C@H](NC(=O)c1cn(-c2ccccc2)nn1)C(=O)O. The number of nitrogens with one attached hydrogen (secondary N) is 1. The standard InChI is InChI=1S/C12H12N4O3/c1-8(12(18)19)13-11(17)10-7-16(15-14-10)9-5-3-2-4-6-9/h2-8H,1H3,(H,13,17)(H,18,19)/t8-/m0/s1. The van der Waals surface area contributed by atoms with Crippen LogP contribution in [0.15, 0.2) is 36.5 Å². The van der Waals surface area contributed by atoms with Crippen molar-refractivity contribution in [3.63, 3.8) is 0 Å². The second kappa shape index (κ2) is 5.30. The average molecular weight is 260 g/mol. The first kappa shape index (κ1) is 12.7. The maximum Gasteiger partial charge on any atom is 0.325 e. The van der Waals surface area contributed by atoms with E-state index >= 15 is 0 Å². The number of benzene rings is 1. The topological polar surface area (TPSA) is 97.1 Å². The van der Waals surface area contributed by atoms with Crippen molar-refractivity contribution in [3.05, 3.63) is 42.2 Å². The van der Waals surface area contributed by atoms with Crippen LogP contribution in [-0.2, 0) is 4.79 Å². The molecule has 0 unspecified atom stereocenters. The monoisotopic (exact) mass is 260 g/mol. The van der Waals surface area contributed by atoms with E-state index in [0.717, 1.165) is 5.69 Å². The third-order valence-electron chi connectivity index (χ3n) is 2.46. The van der Waals surface area contributed by atoms with Crippen LogP contribution >= 0.6 is 0 Å². The number of aromatic nitrogens is 3. The third-order valence-corrected chi connectivity index (χ3v) is 2.46. The minimum atomic E-state index is -1.11. The van der Waals surface area contributed by atoms with Crippen molar-refractivity contribution < 1.29 is 14.7 Å². The van der Waals surface area contributed by atoms with Crippen LogP contribution in [0, 0.1) is 0 Å².